The summed E-state index contributed by atoms with van der Waals surface area (Å²) in [5.41, 5.74) is -0.484. The van der Waals surface area contributed by atoms with Gasteiger partial charge in [0.05, 0.1) is 21.2 Å². The van der Waals surface area contributed by atoms with E-state index in [1.165, 1.54) is 0 Å². The van der Waals surface area contributed by atoms with Crippen LogP contribution in [0.3, 0.4) is 0 Å². The molecule has 1 amide bonds. The van der Waals surface area contributed by atoms with Crippen molar-refractivity contribution in [3.05, 3.63) is 66.5 Å². The highest BCUT2D eigenvalue weighted by Gasteiger charge is 2.17. The molecule has 0 heterocycles. The lowest BCUT2D eigenvalue weighted by molar-refractivity contribution is -0.384. The van der Waals surface area contributed by atoms with Crippen molar-refractivity contribution in [3.8, 4) is 0 Å². The van der Waals surface area contributed by atoms with E-state index in [4.69, 9.17) is 11.6 Å². The summed E-state index contributed by atoms with van der Waals surface area (Å²) in [6, 6.07) is 7.66. The van der Waals surface area contributed by atoms with Crippen LogP contribution in [-0.4, -0.2) is 10.8 Å². The highest BCUT2D eigenvalue weighted by atomic mass is 127. The van der Waals surface area contributed by atoms with Crippen LogP contribution >= 0.6 is 34.2 Å². The zero-order valence-corrected chi connectivity index (χ0v) is 13.2. The molecule has 2 aromatic carbocycles. The molecule has 2 aromatic rings. The Morgan fingerprint density at radius 3 is 2.62 bits per heavy atom. The summed E-state index contributed by atoms with van der Waals surface area (Å²) in [5.74, 6) is -1.65. The van der Waals surface area contributed by atoms with Gasteiger partial charge >= 0.3 is 0 Å². The van der Waals surface area contributed by atoms with E-state index in [2.05, 4.69) is 27.9 Å². The van der Waals surface area contributed by atoms with Crippen molar-refractivity contribution in [1.82, 2.24) is 0 Å². The van der Waals surface area contributed by atoms with Gasteiger partial charge < -0.3 is 5.32 Å². The van der Waals surface area contributed by atoms with E-state index in [0.29, 0.717) is 10.7 Å². The van der Waals surface area contributed by atoms with Gasteiger partial charge in [-0.15, -0.1) is 0 Å². The third kappa shape index (κ3) is 3.67. The van der Waals surface area contributed by atoms with Crippen molar-refractivity contribution >= 4 is 51.5 Å². The van der Waals surface area contributed by atoms with Crippen LogP contribution in [0.25, 0.3) is 0 Å². The van der Waals surface area contributed by atoms with E-state index >= 15 is 0 Å². The highest BCUT2D eigenvalue weighted by molar-refractivity contribution is 14.1. The van der Waals surface area contributed by atoms with Gasteiger partial charge in [-0.05, 0) is 46.9 Å². The van der Waals surface area contributed by atoms with Crippen molar-refractivity contribution in [2.75, 3.05) is 5.32 Å². The van der Waals surface area contributed by atoms with Gasteiger partial charge in [0.25, 0.3) is 11.6 Å². The molecule has 2 rings (SSSR count). The van der Waals surface area contributed by atoms with E-state index in [0.717, 1.165) is 21.8 Å². The molecule has 0 aliphatic heterocycles. The Bertz CT molecular complexity index is 739. The Labute approximate surface area is 137 Å². The lowest BCUT2D eigenvalue weighted by Gasteiger charge is -2.08. The Morgan fingerprint density at radius 2 is 2.00 bits per heavy atom. The topological polar surface area (TPSA) is 72.2 Å². The Morgan fingerprint density at radius 1 is 1.29 bits per heavy atom. The minimum Gasteiger partial charge on any atom is -0.321 e. The number of halogens is 3. The first-order chi connectivity index (χ1) is 9.88. The minimum atomic E-state index is -0.847. The summed E-state index contributed by atoms with van der Waals surface area (Å²) in [7, 11) is 0. The number of nitrogens with one attached hydrogen (secondary N) is 1. The smallest absolute Gasteiger partial charge is 0.270 e. The molecule has 8 heteroatoms. The predicted octanol–water partition coefficient (Wildman–Crippen LogP) is 4.24. The largest absolute Gasteiger partial charge is 0.321 e. The van der Waals surface area contributed by atoms with E-state index in [1.807, 2.05) is 0 Å². The third-order valence-electron chi connectivity index (χ3n) is 2.58. The van der Waals surface area contributed by atoms with Gasteiger partial charge in [-0.3, -0.25) is 14.9 Å². The number of carbonyl (C=O) groups excluding carboxylic acids is 1. The molecule has 0 spiro atoms. The normalized spacial score (nSPS) is 10.2. The number of amides is 1. The molecule has 5 nitrogen and oxygen atoms in total. The maximum atomic E-state index is 13.6. The van der Waals surface area contributed by atoms with Crippen LogP contribution in [0.1, 0.15) is 10.4 Å². The van der Waals surface area contributed by atoms with Crippen molar-refractivity contribution in [1.29, 1.82) is 0 Å². The number of nitro benzene ring substituents is 1. The van der Waals surface area contributed by atoms with Crippen LogP contribution < -0.4 is 5.32 Å². The molecular formula is C13H7ClFIN2O3. The average Bonchev–Trinajstić information content (AvgIpc) is 2.42. The summed E-state index contributed by atoms with van der Waals surface area (Å²) >= 11 is 8.01. The van der Waals surface area contributed by atoms with Gasteiger partial charge in [0.2, 0.25) is 0 Å². The quantitative estimate of drug-likeness (QED) is 0.458. The standard InChI is InChI=1S/C13H7ClFIN2O3/c14-10-5-7(16)1-4-12(10)17-13(19)9-6-8(18(20)21)2-3-11(9)15/h1-6H,(H,17,19). The first-order valence-electron chi connectivity index (χ1n) is 5.59. The van der Waals surface area contributed by atoms with Crippen molar-refractivity contribution in [2.24, 2.45) is 0 Å². The molecule has 0 aliphatic carbocycles. The molecule has 0 fully saturated rings. The van der Waals surface area contributed by atoms with E-state index in [1.54, 1.807) is 18.2 Å². The summed E-state index contributed by atoms with van der Waals surface area (Å²) in [5, 5.41) is 13.4. The van der Waals surface area contributed by atoms with Gasteiger partial charge in [-0.1, -0.05) is 11.6 Å². The SMILES string of the molecule is O=C(Nc1ccc(I)cc1Cl)c1cc([N+](=O)[O-])ccc1F. The fourth-order valence-electron chi connectivity index (χ4n) is 1.58. The monoisotopic (exact) mass is 420 g/mol. The number of nitro groups is 1. The number of rotatable bonds is 3. The number of nitrogens with zero attached hydrogens (tertiary/aromatic N) is 1. The number of hydrogen-bond donors (Lipinski definition) is 1. The predicted molar refractivity (Wildman–Crippen MR) is 85.2 cm³/mol. The van der Waals surface area contributed by atoms with Crippen molar-refractivity contribution in [2.45, 2.75) is 0 Å². The second-order valence-electron chi connectivity index (χ2n) is 4.00. The zero-order chi connectivity index (χ0) is 15.6. The first-order valence-corrected chi connectivity index (χ1v) is 7.04. The lowest BCUT2D eigenvalue weighted by atomic mass is 10.1. The molecule has 0 atom stereocenters. The molecule has 0 saturated carbocycles. The molecular weight excluding hydrogens is 414 g/mol. The van der Waals surface area contributed by atoms with Gasteiger partial charge in [-0.2, -0.15) is 0 Å². The first kappa shape index (κ1) is 15.6. The molecule has 0 aliphatic rings. The Kier molecular flexibility index (Phi) is 4.73. The maximum Gasteiger partial charge on any atom is 0.270 e. The van der Waals surface area contributed by atoms with E-state index in [9.17, 15) is 19.3 Å². The number of hydrogen-bond acceptors (Lipinski definition) is 3. The third-order valence-corrected chi connectivity index (χ3v) is 3.57. The molecule has 1 N–H and O–H groups in total. The van der Waals surface area contributed by atoms with Crippen molar-refractivity contribution < 1.29 is 14.1 Å². The van der Waals surface area contributed by atoms with Gasteiger partial charge in [-0.25, -0.2) is 4.39 Å². The molecule has 0 saturated heterocycles. The second-order valence-corrected chi connectivity index (χ2v) is 5.65. The van der Waals surface area contributed by atoms with Gasteiger partial charge in [0.15, 0.2) is 0 Å². The van der Waals surface area contributed by atoms with Crippen LogP contribution in [-0.2, 0) is 0 Å². The molecule has 108 valence electrons. The summed E-state index contributed by atoms with van der Waals surface area (Å²) in [6.45, 7) is 0. The highest BCUT2D eigenvalue weighted by Crippen LogP contribution is 2.25. The summed E-state index contributed by atoms with van der Waals surface area (Å²) in [6.07, 6.45) is 0. The summed E-state index contributed by atoms with van der Waals surface area (Å²) < 4.78 is 14.5. The van der Waals surface area contributed by atoms with Crippen LogP contribution in [0.4, 0.5) is 15.8 Å². The number of benzene rings is 2. The Balaban J connectivity index is 2.32. The van der Waals surface area contributed by atoms with Crippen LogP contribution in [0.2, 0.25) is 5.02 Å². The van der Waals surface area contributed by atoms with Crippen molar-refractivity contribution in [3.63, 3.8) is 0 Å². The molecule has 0 radical (unpaired) electrons. The van der Waals surface area contributed by atoms with E-state index < -0.39 is 22.2 Å². The lowest BCUT2D eigenvalue weighted by Crippen LogP contribution is -2.14. The number of anilines is 1. The van der Waals surface area contributed by atoms with E-state index in [-0.39, 0.29) is 5.69 Å². The molecule has 0 unspecified atom stereocenters. The van der Waals surface area contributed by atoms with Crippen LogP contribution in [0, 0.1) is 19.5 Å². The molecule has 0 bridgehead atoms. The van der Waals surface area contributed by atoms with Gasteiger partial charge in [0.1, 0.15) is 5.82 Å². The van der Waals surface area contributed by atoms with Gasteiger partial charge in [0, 0.05) is 15.7 Å². The molecule has 21 heavy (non-hydrogen) atoms. The number of non-ortho nitro benzene ring substituents is 1. The zero-order valence-electron chi connectivity index (χ0n) is 10.3. The Hall–Kier alpha value is -1.74. The maximum absolute atomic E-state index is 13.6. The molecule has 0 aromatic heterocycles. The summed E-state index contributed by atoms with van der Waals surface area (Å²) in [4.78, 5) is 22.0. The second kappa shape index (κ2) is 6.35. The van der Waals surface area contributed by atoms with Crippen LogP contribution in [0.5, 0.6) is 0 Å². The number of carbonyl (C=O) groups is 1. The van der Waals surface area contributed by atoms with Crippen LogP contribution in [0.15, 0.2) is 36.4 Å². The fraction of sp³-hybridized carbons (Fsp3) is 0. The average molecular weight is 421 g/mol. The fourth-order valence-corrected chi connectivity index (χ4v) is 2.48. The minimum absolute atomic E-state index is 0.293.